The zero-order valence-corrected chi connectivity index (χ0v) is 12.9. The number of carbonyl (C=O) groups excluding carboxylic acids is 1. The first-order chi connectivity index (χ1) is 10.1. The van der Waals surface area contributed by atoms with Crippen LogP contribution in [0.5, 0.6) is 0 Å². The average Bonchev–Trinajstić information content (AvgIpc) is 2.48. The number of benzene rings is 1. The molecule has 0 unspecified atom stereocenters. The summed E-state index contributed by atoms with van der Waals surface area (Å²) in [5, 5.41) is 6.59. The molecule has 0 atom stereocenters. The summed E-state index contributed by atoms with van der Waals surface area (Å²) >= 11 is 6.00. The molecule has 0 saturated heterocycles. The number of pyridine rings is 1. The SMILES string of the molecule is CCCNc1ccc(Cl)cc1C(=O)Nc1ccc(C)nc1. The van der Waals surface area contributed by atoms with Gasteiger partial charge in [-0.3, -0.25) is 9.78 Å². The third kappa shape index (κ3) is 4.20. The number of aromatic nitrogens is 1. The van der Waals surface area contributed by atoms with E-state index in [1.807, 2.05) is 25.1 Å². The lowest BCUT2D eigenvalue weighted by atomic mass is 10.1. The number of halogens is 1. The van der Waals surface area contributed by atoms with Gasteiger partial charge in [0.15, 0.2) is 0 Å². The molecule has 110 valence electrons. The largest absolute Gasteiger partial charge is 0.384 e. The van der Waals surface area contributed by atoms with Crippen molar-refractivity contribution in [3.8, 4) is 0 Å². The molecule has 4 nitrogen and oxygen atoms in total. The summed E-state index contributed by atoms with van der Waals surface area (Å²) in [6, 6.07) is 8.92. The fraction of sp³-hybridized carbons (Fsp3) is 0.250. The molecular formula is C16H18ClN3O. The number of aryl methyl sites for hydroxylation is 1. The molecule has 21 heavy (non-hydrogen) atoms. The Balaban J connectivity index is 2.20. The van der Waals surface area contributed by atoms with E-state index in [-0.39, 0.29) is 5.91 Å². The summed E-state index contributed by atoms with van der Waals surface area (Å²) in [5.41, 5.74) is 2.86. The molecule has 0 aliphatic carbocycles. The van der Waals surface area contributed by atoms with Crippen molar-refractivity contribution < 1.29 is 4.79 Å². The van der Waals surface area contributed by atoms with E-state index in [9.17, 15) is 4.79 Å². The standard InChI is InChI=1S/C16H18ClN3O/c1-3-8-18-15-7-5-12(17)9-14(15)16(21)20-13-6-4-11(2)19-10-13/h4-7,9-10,18H,3,8H2,1-2H3,(H,20,21). The van der Waals surface area contributed by atoms with E-state index < -0.39 is 0 Å². The molecule has 2 rings (SSSR count). The highest BCUT2D eigenvalue weighted by Crippen LogP contribution is 2.22. The molecule has 5 heteroatoms. The molecular weight excluding hydrogens is 286 g/mol. The minimum atomic E-state index is -0.207. The Morgan fingerprint density at radius 3 is 2.76 bits per heavy atom. The maximum Gasteiger partial charge on any atom is 0.257 e. The van der Waals surface area contributed by atoms with Crippen molar-refractivity contribution in [3.05, 3.63) is 52.8 Å². The van der Waals surface area contributed by atoms with Gasteiger partial charge in [-0.1, -0.05) is 18.5 Å². The number of carbonyl (C=O) groups is 1. The van der Waals surface area contributed by atoms with Gasteiger partial charge < -0.3 is 10.6 Å². The molecule has 2 aromatic rings. The van der Waals surface area contributed by atoms with Gasteiger partial charge in [-0.05, 0) is 43.7 Å². The van der Waals surface area contributed by atoms with Gasteiger partial charge in [0, 0.05) is 22.9 Å². The van der Waals surface area contributed by atoms with Crippen LogP contribution in [0.4, 0.5) is 11.4 Å². The van der Waals surface area contributed by atoms with Crippen molar-refractivity contribution in [2.75, 3.05) is 17.2 Å². The van der Waals surface area contributed by atoms with E-state index in [4.69, 9.17) is 11.6 Å². The topological polar surface area (TPSA) is 54.0 Å². The summed E-state index contributed by atoms with van der Waals surface area (Å²) in [7, 11) is 0. The van der Waals surface area contributed by atoms with Gasteiger partial charge in [0.1, 0.15) is 0 Å². The smallest absolute Gasteiger partial charge is 0.257 e. The second-order valence-corrected chi connectivity index (χ2v) is 5.20. The van der Waals surface area contributed by atoms with Crippen molar-refractivity contribution in [1.29, 1.82) is 0 Å². The van der Waals surface area contributed by atoms with Gasteiger partial charge >= 0.3 is 0 Å². The quantitative estimate of drug-likeness (QED) is 0.873. The highest BCUT2D eigenvalue weighted by atomic mass is 35.5. The maximum absolute atomic E-state index is 12.4. The number of anilines is 2. The molecule has 0 spiro atoms. The first kappa shape index (κ1) is 15.3. The van der Waals surface area contributed by atoms with E-state index in [1.165, 1.54) is 0 Å². The second kappa shape index (κ2) is 7.09. The number of rotatable bonds is 5. The van der Waals surface area contributed by atoms with E-state index in [0.29, 0.717) is 16.3 Å². The first-order valence-electron chi connectivity index (χ1n) is 6.87. The van der Waals surface area contributed by atoms with Gasteiger partial charge in [0.2, 0.25) is 0 Å². The highest BCUT2D eigenvalue weighted by molar-refractivity contribution is 6.31. The lowest BCUT2D eigenvalue weighted by Gasteiger charge is -2.12. The average molecular weight is 304 g/mol. The Labute approximate surface area is 129 Å². The van der Waals surface area contributed by atoms with Crippen LogP contribution in [0.2, 0.25) is 5.02 Å². The summed E-state index contributed by atoms with van der Waals surface area (Å²) in [5.74, 6) is -0.207. The Hall–Kier alpha value is -2.07. The van der Waals surface area contributed by atoms with Crippen LogP contribution in [-0.4, -0.2) is 17.4 Å². The minimum absolute atomic E-state index is 0.207. The Morgan fingerprint density at radius 2 is 2.10 bits per heavy atom. The fourth-order valence-corrected chi connectivity index (χ4v) is 2.03. The van der Waals surface area contributed by atoms with Gasteiger partial charge in [-0.2, -0.15) is 0 Å². The highest BCUT2D eigenvalue weighted by Gasteiger charge is 2.12. The minimum Gasteiger partial charge on any atom is -0.384 e. The predicted molar refractivity (Wildman–Crippen MR) is 87.2 cm³/mol. The molecule has 1 aromatic carbocycles. The van der Waals surface area contributed by atoms with Crippen LogP contribution in [0, 0.1) is 6.92 Å². The zero-order chi connectivity index (χ0) is 15.2. The van der Waals surface area contributed by atoms with Crippen LogP contribution in [0.3, 0.4) is 0 Å². The Kier molecular flexibility index (Phi) is 5.17. The summed E-state index contributed by atoms with van der Waals surface area (Å²) in [4.78, 5) is 16.6. The zero-order valence-electron chi connectivity index (χ0n) is 12.1. The molecule has 2 N–H and O–H groups in total. The van der Waals surface area contributed by atoms with E-state index in [1.54, 1.807) is 18.3 Å². The third-order valence-corrected chi connectivity index (χ3v) is 3.20. The van der Waals surface area contributed by atoms with Gasteiger partial charge in [-0.25, -0.2) is 0 Å². The molecule has 0 aliphatic rings. The normalized spacial score (nSPS) is 10.2. The van der Waals surface area contributed by atoms with Crippen LogP contribution in [0.25, 0.3) is 0 Å². The van der Waals surface area contributed by atoms with Crippen molar-refractivity contribution in [2.24, 2.45) is 0 Å². The predicted octanol–water partition coefficient (Wildman–Crippen LogP) is 4.12. The first-order valence-corrected chi connectivity index (χ1v) is 7.25. The van der Waals surface area contributed by atoms with Crippen LogP contribution in [0.15, 0.2) is 36.5 Å². The van der Waals surface area contributed by atoms with Crippen molar-refractivity contribution in [3.63, 3.8) is 0 Å². The molecule has 1 amide bonds. The van der Waals surface area contributed by atoms with Crippen LogP contribution in [0.1, 0.15) is 29.4 Å². The molecule has 0 bridgehead atoms. The van der Waals surface area contributed by atoms with Crippen molar-refractivity contribution in [2.45, 2.75) is 20.3 Å². The number of nitrogens with zero attached hydrogens (tertiary/aromatic N) is 1. The lowest BCUT2D eigenvalue weighted by molar-refractivity contribution is 0.102. The van der Waals surface area contributed by atoms with Gasteiger partial charge in [-0.15, -0.1) is 0 Å². The molecule has 1 heterocycles. The third-order valence-electron chi connectivity index (χ3n) is 2.96. The van der Waals surface area contributed by atoms with Crippen LogP contribution in [-0.2, 0) is 0 Å². The van der Waals surface area contributed by atoms with Crippen LogP contribution < -0.4 is 10.6 Å². The number of hydrogen-bond acceptors (Lipinski definition) is 3. The molecule has 0 radical (unpaired) electrons. The maximum atomic E-state index is 12.4. The van der Waals surface area contributed by atoms with Crippen LogP contribution >= 0.6 is 11.6 Å². The van der Waals surface area contributed by atoms with E-state index >= 15 is 0 Å². The monoisotopic (exact) mass is 303 g/mol. The summed E-state index contributed by atoms with van der Waals surface area (Å²) in [6.45, 7) is 4.77. The Bertz CT molecular complexity index is 626. The Morgan fingerprint density at radius 1 is 1.29 bits per heavy atom. The van der Waals surface area contributed by atoms with Gasteiger partial charge in [0.25, 0.3) is 5.91 Å². The van der Waals surface area contributed by atoms with Gasteiger partial charge in [0.05, 0.1) is 17.4 Å². The van der Waals surface area contributed by atoms with Crippen molar-refractivity contribution in [1.82, 2.24) is 4.98 Å². The number of hydrogen-bond donors (Lipinski definition) is 2. The summed E-state index contributed by atoms with van der Waals surface area (Å²) in [6.07, 6.45) is 2.61. The fourth-order valence-electron chi connectivity index (χ4n) is 1.86. The van der Waals surface area contributed by atoms with Crippen molar-refractivity contribution >= 4 is 28.9 Å². The van der Waals surface area contributed by atoms with E-state index in [2.05, 4.69) is 22.5 Å². The second-order valence-electron chi connectivity index (χ2n) is 4.76. The summed E-state index contributed by atoms with van der Waals surface area (Å²) < 4.78 is 0. The number of amides is 1. The molecule has 0 saturated carbocycles. The number of nitrogens with one attached hydrogen (secondary N) is 2. The molecule has 1 aromatic heterocycles. The molecule has 0 aliphatic heterocycles. The lowest BCUT2D eigenvalue weighted by Crippen LogP contribution is -2.15. The molecule has 0 fully saturated rings. The van der Waals surface area contributed by atoms with E-state index in [0.717, 1.165) is 24.3 Å².